The molecule has 1 amide bonds. The van der Waals surface area contributed by atoms with Gasteiger partial charge >= 0.3 is 5.69 Å². The van der Waals surface area contributed by atoms with Crippen LogP contribution < -0.4 is 0 Å². The lowest BCUT2D eigenvalue weighted by atomic mass is 10.1. The van der Waals surface area contributed by atoms with E-state index < -0.39 is 22.3 Å². The van der Waals surface area contributed by atoms with Crippen molar-refractivity contribution in [3.63, 3.8) is 0 Å². The fourth-order valence-corrected chi connectivity index (χ4v) is 1.84. The molecule has 0 fully saturated rings. The largest absolute Gasteiger partial charge is 0.337 e. The van der Waals surface area contributed by atoms with Crippen LogP contribution in [0, 0.1) is 15.9 Å². The summed E-state index contributed by atoms with van der Waals surface area (Å²) in [7, 11) is 1.56. The molecule has 0 aliphatic heterocycles. The molecule has 0 unspecified atom stereocenters. The molecule has 2 aromatic rings. The zero-order valence-corrected chi connectivity index (χ0v) is 11.2. The van der Waals surface area contributed by atoms with Gasteiger partial charge in [-0.1, -0.05) is 6.07 Å². The Balaban J connectivity index is 2.20. The Labute approximate surface area is 120 Å². The minimum Gasteiger partial charge on any atom is -0.337 e. The smallest absolute Gasteiger partial charge is 0.305 e. The first-order valence-electron chi connectivity index (χ1n) is 6.07. The molecule has 0 atom stereocenters. The molecule has 6 nitrogen and oxygen atoms in total. The number of pyridine rings is 1. The first-order valence-corrected chi connectivity index (χ1v) is 6.07. The van der Waals surface area contributed by atoms with Gasteiger partial charge in [-0.05, 0) is 23.8 Å². The number of nitrogens with zero attached hydrogens (tertiary/aromatic N) is 3. The third kappa shape index (κ3) is 3.38. The Bertz CT molecular complexity index is 676. The van der Waals surface area contributed by atoms with E-state index in [1.807, 2.05) is 6.07 Å². The molecule has 7 heteroatoms. The van der Waals surface area contributed by atoms with E-state index in [0.717, 1.165) is 17.7 Å². The van der Waals surface area contributed by atoms with Gasteiger partial charge < -0.3 is 4.90 Å². The molecular formula is C14H12FN3O3. The van der Waals surface area contributed by atoms with Crippen molar-refractivity contribution in [3.05, 3.63) is 69.8 Å². The van der Waals surface area contributed by atoms with Crippen LogP contribution in [0.3, 0.4) is 0 Å². The lowest BCUT2D eigenvalue weighted by Gasteiger charge is -2.17. The minimum atomic E-state index is -0.966. The van der Waals surface area contributed by atoms with Gasteiger partial charge in [0, 0.05) is 37.6 Å². The maximum absolute atomic E-state index is 13.3. The number of hydrogen-bond acceptors (Lipinski definition) is 4. The molecule has 0 aliphatic carbocycles. The monoisotopic (exact) mass is 289 g/mol. The van der Waals surface area contributed by atoms with E-state index >= 15 is 0 Å². The van der Waals surface area contributed by atoms with Crippen LogP contribution in [0.4, 0.5) is 10.1 Å². The van der Waals surface area contributed by atoms with E-state index in [0.29, 0.717) is 6.54 Å². The number of nitro groups is 1. The molecule has 0 spiro atoms. The molecule has 1 aromatic heterocycles. The summed E-state index contributed by atoms with van der Waals surface area (Å²) in [5.41, 5.74) is 0.176. The predicted octanol–water partition coefficient (Wildman–Crippen LogP) is 2.40. The third-order valence-corrected chi connectivity index (χ3v) is 2.88. The zero-order chi connectivity index (χ0) is 15.4. The lowest BCUT2D eigenvalue weighted by molar-refractivity contribution is -0.387. The Morgan fingerprint density at radius 2 is 2.19 bits per heavy atom. The van der Waals surface area contributed by atoms with Crippen molar-refractivity contribution in [2.45, 2.75) is 6.54 Å². The number of carbonyl (C=O) groups excluding carboxylic acids is 1. The average Bonchev–Trinajstić information content (AvgIpc) is 2.47. The molecule has 21 heavy (non-hydrogen) atoms. The van der Waals surface area contributed by atoms with Gasteiger partial charge in [0.2, 0.25) is 5.82 Å². The molecule has 0 radical (unpaired) electrons. The summed E-state index contributed by atoms with van der Waals surface area (Å²) in [6.07, 6.45) is 3.24. The second-order valence-corrected chi connectivity index (χ2v) is 4.45. The highest BCUT2D eigenvalue weighted by Crippen LogP contribution is 2.19. The van der Waals surface area contributed by atoms with Gasteiger partial charge in [-0.2, -0.15) is 4.39 Å². The molecular weight excluding hydrogens is 277 g/mol. The van der Waals surface area contributed by atoms with Crippen molar-refractivity contribution >= 4 is 11.6 Å². The third-order valence-electron chi connectivity index (χ3n) is 2.88. The number of amides is 1. The molecule has 0 saturated carbocycles. The molecule has 2 rings (SSSR count). The maximum atomic E-state index is 13.3. The molecule has 0 bridgehead atoms. The Hall–Kier alpha value is -2.83. The van der Waals surface area contributed by atoms with Gasteiger partial charge in [-0.25, -0.2) is 0 Å². The molecule has 1 aromatic carbocycles. The molecule has 0 N–H and O–H groups in total. The van der Waals surface area contributed by atoms with Crippen molar-refractivity contribution in [2.75, 3.05) is 7.05 Å². The summed E-state index contributed by atoms with van der Waals surface area (Å²) in [6, 6.07) is 6.64. The number of nitro benzene ring substituents is 1. The zero-order valence-electron chi connectivity index (χ0n) is 11.2. The van der Waals surface area contributed by atoms with Crippen LogP contribution in [0.1, 0.15) is 15.9 Å². The highest BCUT2D eigenvalue weighted by atomic mass is 19.1. The Kier molecular flexibility index (Phi) is 4.22. The number of benzene rings is 1. The summed E-state index contributed by atoms with van der Waals surface area (Å²) < 4.78 is 13.3. The van der Waals surface area contributed by atoms with Crippen LogP contribution in [-0.2, 0) is 6.54 Å². The van der Waals surface area contributed by atoms with Gasteiger partial charge in [0.1, 0.15) is 0 Å². The van der Waals surface area contributed by atoms with Crippen LogP contribution in [0.5, 0.6) is 0 Å². The summed E-state index contributed by atoms with van der Waals surface area (Å²) in [5, 5.41) is 10.7. The fourth-order valence-electron chi connectivity index (χ4n) is 1.84. The standard InChI is InChI=1S/C14H12FN3O3/c1-17(9-10-3-2-6-16-8-10)14(19)11-4-5-12(15)13(7-11)18(20)21/h2-8H,9H2,1H3. The Morgan fingerprint density at radius 3 is 2.81 bits per heavy atom. The maximum Gasteiger partial charge on any atom is 0.305 e. The van der Waals surface area contributed by atoms with Gasteiger partial charge in [-0.15, -0.1) is 0 Å². The SMILES string of the molecule is CN(Cc1cccnc1)C(=O)c1ccc(F)c([N+](=O)[O-])c1. The Morgan fingerprint density at radius 1 is 1.43 bits per heavy atom. The topological polar surface area (TPSA) is 76.3 Å². The van der Waals surface area contributed by atoms with Gasteiger partial charge in [0.25, 0.3) is 5.91 Å². The van der Waals surface area contributed by atoms with Crippen molar-refractivity contribution < 1.29 is 14.1 Å². The van der Waals surface area contributed by atoms with E-state index in [1.54, 1.807) is 25.5 Å². The number of hydrogen-bond donors (Lipinski definition) is 0. The van der Waals surface area contributed by atoms with Crippen LogP contribution >= 0.6 is 0 Å². The summed E-state index contributed by atoms with van der Waals surface area (Å²) >= 11 is 0. The number of halogens is 1. The quantitative estimate of drug-likeness (QED) is 0.639. The summed E-state index contributed by atoms with van der Waals surface area (Å²) in [6.45, 7) is 0.303. The van der Waals surface area contributed by atoms with Crippen molar-refractivity contribution in [3.8, 4) is 0 Å². The highest BCUT2D eigenvalue weighted by Gasteiger charge is 2.19. The van der Waals surface area contributed by atoms with E-state index in [1.165, 1.54) is 11.0 Å². The van der Waals surface area contributed by atoms with Crippen LogP contribution in [0.15, 0.2) is 42.7 Å². The van der Waals surface area contributed by atoms with E-state index in [4.69, 9.17) is 0 Å². The molecule has 108 valence electrons. The van der Waals surface area contributed by atoms with E-state index in [2.05, 4.69) is 4.98 Å². The average molecular weight is 289 g/mol. The summed E-state index contributed by atoms with van der Waals surface area (Å²) in [5.74, 6) is -1.39. The molecule has 1 heterocycles. The van der Waals surface area contributed by atoms with Crippen LogP contribution in [0.2, 0.25) is 0 Å². The first kappa shape index (κ1) is 14.6. The molecule has 0 aliphatic rings. The minimum absolute atomic E-state index is 0.0643. The summed E-state index contributed by atoms with van der Waals surface area (Å²) in [4.78, 5) is 27.4. The predicted molar refractivity (Wildman–Crippen MR) is 73.1 cm³/mol. The van der Waals surface area contributed by atoms with E-state index in [9.17, 15) is 19.3 Å². The van der Waals surface area contributed by atoms with Crippen molar-refractivity contribution in [1.82, 2.24) is 9.88 Å². The van der Waals surface area contributed by atoms with Gasteiger partial charge in [-0.3, -0.25) is 19.9 Å². The lowest BCUT2D eigenvalue weighted by Crippen LogP contribution is -2.26. The number of carbonyl (C=O) groups is 1. The van der Waals surface area contributed by atoms with Crippen LogP contribution in [-0.4, -0.2) is 27.8 Å². The number of aromatic nitrogens is 1. The van der Waals surface area contributed by atoms with Crippen molar-refractivity contribution in [1.29, 1.82) is 0 Å². The highest BCUT2D eigenvalue weighted by molar-refractivity contribution is 5.94. The fraction of sp³-hybridized carbons (Fsp3) is 0.143. The molecule has 0 saturated heterocycles. The van der Waals surface area contributed by atoms with Gasteiger partial charge in [0.15, 0.2) is 0 Å². The normalized spacial score (nSPS) is 10.2. The van der Waals surface area contributed by atoms with Gasteiger partial charge in [0.05, 0.1) is 4.92 Å². The van der Waals surface area contributed by atoms with Crippen LogP contribution in [0.25, 0.3) is 0 Å². The number of rotatable bonds is 4. The second-order valence-electron chi connectivity index (χ2n) is 4.45. The first-order chi connectivity index (χ1) is 9.99. The van der Waals surface area contributed by atoms with Crippen molar-refractivity contribution in [2.24, 2.45) is 0 Å². The second kappa shape index (κ2) is 6.08. The van der Waals surface area contributed by atoms with E-state index in [-0.39, 0.29) is 5.56 Å².